The van der Waals surface area contributed by atoms with Gasteiger partial charge in [-0.2, -0.15) is 0 Å². The Morgan fingerprint density at radius 2 is 1.96 bits per heavy atom. The highest BCUT2D eigenvalue weighted by Gasteiger charge is 2.11. The van der Waals surface area contributed by atoms with Crippen LogP contribution in [0.3, 0.4) is 0 Å². The molecule has 126 valence electrons. The first kappa shape index (κ1) is 17.4. The third-order valence-corrected chi connectivity index (χ3v) is 3.23. The Kier molecular flexibility index (Phi) is 6.24. The fraction of sp³-hybridized carbons (Fsp3) is 0.294. The zero-order valence-electron chi connectivity index (χ0n) is 13.6. The largest absolute Gasteiger partial charge is 0.496 e. The van der Waals surface area contributed by atoms with Gasteiger partial charge in [-0.05, 0) is 25.0 Å². The van der Waals surface area contributed by atoms with Crippen LogP contribution in [0.2, 0.25) is 0 Å². The van der Waals surface area contributed by atoms with Gasteiger partial charge in [0.15, 0.2) is 12.3 Å². The van der Waals surface area contributed by atoms with Crippen LogP contribution in [0, 0.1) is 6.92 Å². The molecular weight excluding hydrogens is 310 g/mol. The maximum atomic E-state index is 11.7. The van der Waals surface area contributed by atoms with Gasteiger partial charge in [-0.15, -0.1) is 0 Å². The molecule has 0 radical (unpaired) electrons. The van der Waals surface area contributed by atoms with Crippen LogP contribution < -0.4 is 10.1 Å². The number of aromatic nitrogens is 2. The minimum atomic E-state index is -0.678. The number of esters is 1. The molecule has 1 amide bonds. The molecule has 2 rings (SSSR count). The van der Waals surface area contributed by atoms with Crippen LogP contribution in [0.5, 0.6) is 5.75 Å². The number of methoxy groups -OCH3 is 1. The van der Waals surface area contributed by atoms with Gasteiger partial charge in [0.05, 0.1) is 19.0 Å². The summed E-state index contributed by atoms with van der Waals surface area (Å²) >= 11 is 0. The molecule has 0 fully saturated rings. The van der Waals surface area contributed by atoms with E-state index in [2.05, 4.69) is 15.3 Å². The lowest BCUT2D eigenvalue weighted by atomic mass is 10.1. The summed E-state index contributed by atoms with van der Waals surface area (Å²) in [7, 11) is 1.60. The lowest BCUT2D eigenvalue weighted by Crippen LogP contribution is -2.30. The van der Waals surface area contributed by atoms with Gasteiger partial charge in [-0.25, -0.2) is 9.78 Å². The normalized spacial score (nSPS) is 10.1. The van der Waals surface area contributed by atoms with E-state index < -0.39 is 5.97 Å². The molecule has 0 aliphatic rings. The van der Waals surface area contributed by atoms with E-state index in [4.69, 9.17) is 9.47 Å². The first-order valence-corrected chi connectivity index (χ1v) is 7.44. The predicted molar refractivity (Wildman–Crippen MR) is 86.8 cm³/mol. The minimum Gasteiger partial charge on any atom is -0.496 e. The molecular formula is C17H19N3O4. The van der Waals surface area contributed by atoms with E-state index in [0.29, 0.717) is 18.7 Å². The van der Waals surface area contributed by atoms with Gasteiger partial charge in [0, 0.05) is 12.7 Å². The molecule has 0 atom stereocenters. The van der Waals surface area contributed by atoms with Crippen molar-refractivity contribution in [3.8, 4) is 5.75 Å². The number of hydrogen-bond acceptors (Lipinski definition) is 6. The molecule has 1 N–H and O–H groups in total. The van der Waals surface area contributed by atoms with E-state index >= 15 is 0 Å². The summed E-state index contributed by atoms with van der Waals surface area (Å²) in [6.45, 7) is 1.82. The topological polar surface area (TPSA) is 90.4 Å². The molecule has 0 aliphatic carbocycles. The molecule has 1 aromatic carbocycles. The van der Waals surface area contributed by atoms with Crippen molar-refractivity contribution in [2.24, 2.45) is 0 Å². The number of ether oxygens (including phenoxy) is 2. The number of para-hydroxylation sites is 1. The summed E-state index contributed by atoms with van der Waals surface area (Å²) in [5.74, 6) is -0.281. The molecule has 0 spiro atoms. The van der Waals surface area contributed by atoms with E-state index in [1.165, 1.54) is 12.4 Å². The van der Waals surface area contributed by atoms with Crippen LogP contribution in [0.1, 0.15) is 21.7 Å². The van der Waals surface area contributed by atoms with Crippen molar-refractivity contribution in [2.75, 3.05) is 20.3 Å². The van der Waals surface area contributed by atoms with Gasteiger partial charge in [0.2, 0.25) is 0 Å². The second kappa shape index (κ2) is 8.61. The van der Waals surface area contributed by atoms with E-state index in [1.54, 1.807) is 14.0 Å². The van der Waals surface area contributed by atoms with Crippen LogP contribution in [0.4, 0.5) is 0 Å². The molecule has 1 heterocycles. The molecule has 1 aromatic heterocycles. The molecule has 7 nitrogen and oxygen atoms in total. The molecule has 0 saturated carbocycles. The van der Waals surface area contributed by atoms with Crippen molar-refractivity contribution in [1.82, 2.24) is 15.3 Å². The molecule has 24 heavy (non-hydrogen) atoms. The SMILES string of the molecule is COc1ccccc1CCNC(=O)COC(=O)c1cnc(C)cn1. The summed E-state index contributed by atoms with van der Waals surface area (Å²) < 4.78 is 10.1. The lowest BCUT2D eigenvalue weighted by Gasteiger charge is -2.09. The van der Waals surface area contributed by atoms with E-state index in [0.717, 1.165) is 11.3 Å². The van der Waals surface area contributed by atoms with E-state index in [-0.39, 0.29) is 18.2 Å². The zero-order chi connectivity index (χ0) is 17.4. The Hall–Kier alpha value is -2.96. The predicted octanol–water partition coefficient (Wildman–Crippen LogP) is 1.31. The van der Waals surface area contributed by atoms with Crippen LogP contribution in [0.15, 0.2) is 36.7 Å². The van der Waals surface area contributed by atoms with Crippen LogP contribution in [-0.4, -0.2) is 42.1 Å². The van der Waals surface area contributed by atoms with E-state index in [9.17, 15) is 9.59 Å². The van der Waals surface area contributed by atoms with Gasteiger partial charge in [-0.1, -0.05) is 18.2 Å². The molecule has 0 aliphatic heterocycles. The minimum absolute atomic E-state index is 0.0717. The Labute approximate surface area is 140 Å². The van der Waals surface area contributed by atoms with Crippen LogP contribution in [0.25, 0.3) is 0 Å². The first-order valence-electron chi connectivity index (χ1n) is 7.44. The zero-order valence-corrected chi connectivity index (χ0v) is 13.6. The number of nitrogens with zero attached hydrogens (tertiary/aromatic N) is 2. The fourth-order valence-electron chi connectivity index (χ4n) is 2.00. The van der Waals surface area contributed by atoms with Crippen molar-refractivity contribution in [2.45, 2.75) is 13.3 Å². The number of hydrogen-bond donors (Lipinski definition) is 1. The molecule has 7 heteroatoms. The van der Waals surface area contributed by atoms with Crippen molar-refractivity contribution in [3.63, 3.8) is 0 Å². The average Bonchev–Trinajstić information content (AvgIpc) is 2.60. The number of benzene rings is 1. The Morgan fingerprint density at radius 1 is 1.17 bits per heavy atom. The summed E-state index contributed by atoms with van der Waals surface area (Å²) in [5.41, 5.74) is 1.76. The third kappa shape index (κ3) is 5.05. The quantitative estimate of drug-likeness (QED) is 0.770. The highest BCUT2D eigenvalue weighted by molar-refractivity contribution is 5.89. The van der Waals surface area contributed by atoms with Gasteiger partial charge in [0.1, 0.15) is 5.75 Å². The fourth-order valence-corrected chi connectivity index (χ4v) is 2.00. The lowest BCUT2D eigenvalue weighted by molar-refractivity contribution is -0.124. The Balaban J connectivity index is 1.73. The second-order valence-electron chi connectivity index (χ2n) is 5.03. The van der Waals surface area contributed by atoms with Crippen molar-refractivity contribution < 1.29 is 19.1 Å². The molecule has 0 bridgehead atoms. The smallest absolute Gasteiger partial charge is 0.359 e. The van der Waals surface area contributed by atoms with E-state index in [1.807, 2.05) is 24.3 Å². The number of amides is 1. The first-order chi connectivity index (χ1) is 11.6. The number of rotatable bonds is 7. The van der Waals surface area contributed by atoms with Crippen LogP contribution >= 0.6 is 0 Å². The monoisotopic (exact) mass is 329 g/mol. The molecule has 0 unspecified atom stereocenters. The van der Waals surface area contributed by atoms with Gasteiger partial charge >= 0.3 is 5.97 Å². The number of aryl methyl sites for hydroxylation is 1. The second-order valence-corrected chi connectivity index (χ2v) is 5.03. The number of carbonyl (C=O) groups is 2. The van der Waals surface area contributed by atoms with Gasteiger partial charge in [0.25, 0.3) is 5.91 Å². The van der Waals surface area contributed by atoms with Crippen LogP contribution in [-0.2, 0) is 16.0 Å². The maximum Gasteiger partial charge on any atom is 0.359 e. The summed E-state index contributed by atoms with van der Waals surface area (Å²) in [4.78, 5) is 31.3. The van der Waals surface area contributed by atoms with Gasteiger partial charge in [-0.3, -0.25) is 9.78 Å². The summed E-state index contributed by atoms with van der Waals surface area (Å²) in [5, 5.41) is 2.69. The van der Waals surface area contributed by atoms with Crippen molar-refractivity contribution in [3.05, 3.63) is 53.6 Å². The van der Waals surface area contributed by atoms with Crippen molar-refractivity contribution in [1.29, 1.82) is 0 Å². The Bertz CT molecular complexity index is 701. The summed E-state index contributed by atoms with van der Waals surface area (Å²) in [6, 6.07) is 7.58. The maximum absolute atomic E-state index is 11.7. The highest BCUT2D eigenvalue weighted by Crippen LogP contribution is 2.17. The number of carbonyl (C=O) groups excluding carboxylic acids is 2. The summed E-state index contributed by atoms with van der Waals surface area (Å²) in [6.07, 6.45) is 3.40. The van der Waals surface area contributed by atoms with Gasteiger partial charge < -0.3 is 14.8 Å². The third-order valence-electron chi connectivity index (χ3n) is 3.23. The standard InChI is InChI=1S/C17H19N3O4/c1-12-9-20-14(10-19-12)17(22)24-11-16(21)18-8-7-13-5-3-4-6-15(13)23-2/h3-6,9-10H,7-8,11H2,1-2H3,(H,18,21). The molecule has 0 saturated heterocycles. The number of nitrogens with one attached hydrogen (secondary N) is 1. The average molecular weight is 329 g/mol. The molecule has 2 aromatic rings. The van der Waals surface area contributed by atoms with Crippen molar-refractivity contribution >= 4 is 11.9 Å². The Morgan fingerprint density at radius 3 is 2.67 bits per heavy atom. The highest BCUT2D eigenvalue weighted by atomic mass is 16.5.